The molecule has 0 unspecified atom stereocenters. The van der Waals surface area contributed by atoms with E-state index in [-0.39, 0.29) is 18.2 Å². The van der Waals surface area contributed by atoms with Crippen molar-refractivity contribution in [1.29, 1.82) is 0 Å². The highest BCUT2D eigenvalue weighted by atomic mass is 35.5. The second kappa shape index (κ2) is 6.65. The van der Waals surface area contributed by atoms with E-state index < -0.39 is 6.04 Å². The Morgan fingerprint density at radius 3 is 2.62 bits per heavy atom. The van der Waals surface area contributed by atoms with Crippen molar-refractivity contribution in [2.45, 2.75) is 12.5 Å². The monoisotopic (exact) mass is 366 g/mol. The molecule has 6 nitrogen and oxygen atoms in total. The Bertz CT molecular complexity index is 967. The number of amides is 2. The van der Waals surface area contributed by atoms with Gasteiger partial charge >= 0.3 is 0 Å². The Hall–Kier alpha value is -3.12. The molecule has 1 aromatic heterocycles. The highest BCUT2D eigenvalue weighted by Gasteiger charge is 2.32. The molecule has 2 aromatic carbocycles. The number of nitrogens with one attached hydrogen (secondary N) is 2. The van der Waals surface area contributed by atoms with Gasteiger partial charge in [0.2, 0.25) is 11.8 Å². The van der Waals surface area contributed by atoms with E-state index in [0.29, 0.717) is 22.2 Å². The molecule has 1 atom stereocenters. The van der Waals surface area contributed by atoms with Crippen LogP contribution in [-0.2, 0) is 9.59 Å². The van der Waals surface area contributed by atoms with E-state index in [1.165, 1.54) is 0 Å². The summed E-state index contributed by atoms with van der Waals surface area (Å²) in [5.41, 5.74) is 2.19. The minimum absolute atomic E-state index is 0.0351. The second-order valence-corrected chi connectivity index (χ2v) is 6.43. The van der Waals surface area contributed by atoms with Gasteiger partial charge < -0.3 is 10.6 Å². The minimum Gasteiger partial charge on any atom is -0.324 e. The molecule has 0 saturated carbocycles. The smallest absolute Gasteiger partial charge is 0.249 e. The van der Waals surface area contributed by atoms with Crippen LogP contribution < -0.4 is 10.6 Å². The van der Waals surface area contributed by atoms with Crippen LogP contribution in [0.5, 0.6) is 0 Å². The quantitative estimate of drug-likeness (QED) is 0.741. The van der Waals surface area contributed by atoms with Crippen molar-refractivity contribution in [2.24, 2.45) is 0 Å². The Morgan fingerprint density at radius 1 is 1.15 bits per heavy atom. The third-order valence-corrected chi connectivity index (χ3v) is 4.41. The van der Waals surface area contributed by atoms with Gasteiger partial charge in [-0.25, -0.2) is 4.68 Å². The highest BCUT2D eigenvalue weighted by molar-refractivity contribution is 6.30. The molecular weight excluding hydrogens is 352 g/mol. The van der Waals surface area contributed by atoms with Crippen LogP contribution in [0.1, 0.15) is 12.5 Å². The molecular formula is C19H15ClN4O2. The van der Waals surface area contributed by atoms with E-state index in [1.54, 1.807) is 35.0 Å². The van der Waals surface area contributed by atoms with E-state index >= 15 is 0 Å². The van der Waals surface area contributed by atoms with E-state index in [9.17, 15) is 9.59 Å². The van der Waals surface area contributed by atoms with Crippen LogP contribution in [0.2, 0.25) is 5.02 Å². The number of nitrogens with zero attached hydrogens (tertiary/aromatic N) is 2. The van der Waals surface area contributed by atoms with E-state index in [4.69, 9.17) is 11.6 Å². The normalized spacial score (nSPS) is 15.9. The zero-order valence-corrected chi connectivity index (χ0v) is 14.4. The average molecular weight is 367 g/mol. The van der Waals surface area contributed by atoms with Gasteiger partial charge in [-0.3, -0.25) is 9.59 Å². The summed E-state index contributed by atoms with van der Waals surface area (Å²) in [5, 5.41) is 10.8. The van der Waals surface area contributed by atoms with Gasteiger partial charge in [0.25, 0.3) is 0 Å². The molecule has 0 aliphatic carbocycles. The number of anilines is 2. The van der Waals surface area contributed by atoms with Gasteiger partial charge in [-0.05, 0) is 24.3 Å². The number of rotatable bonds is 3. The van der Waals surface area contributed by atoms with Gasteiger partial charge in [-0.15, -0.1) is 0 Å². The number of halogens is 1. The largest absolute Gasteiger partial charge is 0.324 e. The molecule has 1 aliphatic rings. The standard InChI is InChI=1S/C19H15ClN4O2/c20-13-8-6-12(7-9-13)15-10-17-22-18(25)11-16(24(17)23-15)19(26)21-14-4-2-1-3-5-14/h1-10,16H,11H2,(H,21,26)(H,22,25)/t16-/m1/s1. The molecule has 0 radical (unpaired) electrons. The van der Waals surface area contributed by atoms with Crippen LogP contribution in [0.25, 0.3) is 11.3 Å². The van der Waals surface area contributed by atoms with Crippen molar-refractivity contribution < 1.29 is 9.59 Å². The van der Waals surface area contributed by atoms with Gasteiger partial charge in [0.05, 0.1) is 12.1 Å². The van der Waals surface area contributed by atoms with Crippen molar-refractivity contribution in [3.63, 3.8) is 0 Å². The van der Waals surface area contributed by atoms with Gasteiger partial charge in [0.15, 0.2) is 0 Å². The summed E-state index contributed by atoms with van der Waals surface area (Å²) in [5.74, 6) is 0.00531. The van der Waals surface area contributed by atoms with Crippen LogP contribution in [-0.4, -0.2) is 21.6 Å². The summed E-state index contributed by atoms with van der Waals surface area (Å²) >= 11 is 5.93. The number of benzene rings is 2. The first kappa shape index (κ1) is 16.4. The number of hydrogen-bond acceptors (Lipinski definition) is 3. The molecule has 130 valence electrons. The Labute approximate surface area is 154 Å². The first-order chi connectivity index (χ1) is 12.6. The fourth-order valence-electron chi connectivity index (χ4n) is 2.89. The molecule has 1 aliphatic heterocycles. The van der Waals surface area contributed by atoms with Crippen molar-refractivity contribution in [1.82, 2.24) is 9.78 Å². The molecule has 0 fully saturated rings. The van der Waals surface area contributed by atoms with Gasteiger partial charge in [-0.1, -0.05) is 41.9 Å². The summed E-state index contributed by atoms with van der Waals surface area (Å²) in [6.07, 6.45) is 0.0351. The summed E-state index contributed by atoms with van der Waals surface area (Å²) in [4.78, 5) is 24.7. The molecule has 26 heavy (non-hydrogen) atoms. The lowest BCUT2D eigenvalue weighted by Gasteiger charge is -2.23. The lowest BCUT2D eigenvalue weighted by molar-refractivity contribution is -0.125. The average Bonchev–Trinajstić information content (AvgIpc) is 3.06. The van der Waals surface area contributed by atoms with E-state index in [1.807, 2.05) is 30.3 Å². The highest BCUT2D eigenvalue weighted by Crippen LogP contribution is 2.30. The van der Waals surface area contributed by atoms with Crippen molar-refractivity contribution in [3.05, 3.63) is 65.7 Å². The number of aromatic nitrogens is 2. The fourth-order valence-corrected chi connectivity index (χ4v) is 3.02. The summed E-state index contributed by atoms with van der Waals surface area (Å²) in [6, 6.07) is 17.4. The molecule has 2 heterocycles. The van der Waals surface area contributed by atoms with E-state index in [2.05, 4.69) is 15.7 Å². The third-order valence-electron chi connectivity index (χ3n) is 4.16. The van der Waals surface area contributed by atoms with Crippen LogP contribution in [0.4, 0.5) is 11.5 Å². The van der Waals surface area contributed by atoms with Crippen LogP contribution >= 0.6 is 11.6 Å². The molecule has 3 aromatic rings. The Morgan fingerprint density at radius 2 is 1.88 bits per heavy atom. The topological polar surface area (TPSA) is 76.0 Å². The van der Waals surface area contributed by atoms with Gasteiger partial charge in [0, 0.05) is 22.3 Å². The maximum absolute atomic E-state index is 12.7. The molecule has 2 amide bonds. The molecule has 0 saturated heterocycles. The number of carbonyl (C=O) groups is 2. The van der Waals surface area contributed by atoms with Crippen molar-refractivity contribution in [3.8, 4) is 11.3 Å². The predicted octanol–water partition coefficient (Wildman–Crippen LogP) is 3.73. The van der Waals surface area contributed by atoms with Crippen LogP contribution in [0.3, 0.4) is 0 Å². The molecule has 0 bridgehead atoms. The number of hydrogen-bond donors (Lipinski definition) is 2. The Balaban J connectivity index is 1.65. The lowest BCUT2D eigenvalue weighted by atomic mass is 10.1. The maximum atomic E-state index is 12.7. The summed E-state index contributed by atoms with van der Waals surface area (Å²) in [7, 11) is 0. The first-order valence-electron chi connectivity index (χ1n) is 8.11. The lowest BCUT2D eigenvalue weighted by Crippen LogP contribution is -2.35. The zero-order valence-electron chi connectivity index (χ0n) is 13.6. The summed E-state index contributed by atoms with van der Waals surface area (Å²) in [6.45, 7) is 0. The fraction of sp³-hybridized carbons (Fsp3) is 0.105. The zero-order chi connectivity index (χ0) is 18.1. The van der Waals surface area contributed by atoms with E-state index in [0.717, 1.165) is 5.56 Å². The first-order valence-corrected chi connectivity index (χ1v) is 8.49. The predicted molar refractivity (Wildman–Crippen MR) is 100 cm³/mol. The van der Waals surface area contributed by atoms with Gasteiger partial charge in [0.1, 0.15) is 11.9 Å². The Kier molecular flexibility index (Phi) is 4.18. The number of fused-ring (bicyclic) bond motifs is 1. The molecule has 0 spiro atoms. The molecule has 2 N–H and O–H groups in total. The SMILES string of the molecule is O=C1C[C@H](C(=O)Nc2ccccc2)n2nc(-c3ccc(Cl)cc3)cc2N1. The number of carbonyl (C=O) groups excluding carboxylic acids is 2. The second-order valence-electron chi connectivity index (χ2n) is 5.99. The number of para-hydroxylation sites is 1. The molecule has 7 heteroatoms. The van der Waals surface area contributed by atoms with Crippen molar-refractivity contribution in [2.75, 3.05) is 10.6 Å². The van der Waals surface area contributed by atoms with Crippen molar-refractivity contribution >= 4 is 34.9 Å². The van der Waals surface area contributed by atoms with Crippen LogP contribution in [0.15, 0.2) is 60.7 Å². The minimum atomic E-state index is -0.708. The maximum Gasteiger partial charge on any atom is 0.249 e. The summed E-state index contributed by atoms with van der Waals surface area (Å²) < 4.78 is 1.56. The van der Waals surface area contributed by atoms with Crippen LogP contribution in [0, 0.1) is 0 Å². The third kappa shape index (κ3) is 3.19. The molecule has 4 rings (SSSR count). The van der Waals surface area contributed by atoms with Gasteiger partial charge in [-0.2, -0.15) is 5.10 Å².